The maximum absolute atomic E-state index is 12.0. The first kappa shape index (κ1) is 17.6. The van der Waals surface area contributed by atoms with E-state index in [1.807, 2.05) is 0 Å². The Kier molecular flexibility index (Phi) is 5.88. The van der Waals surface area contributed by atoms with Crippen LogP contribution >= 0.6 is 22.9 Å². The van der Waals surface area contributed by atoms with E-state index in [0.29, 0.717) is 10.8 Å². The molecule has 1 amide bonds. The second-order valence-electron chi connectivity index (χ2n) is 4.25. The van der Waals surface area contributed by atoms with Crippen molar-refractivity contribution >= 4 is 44.0 Å². The summed E-state index contributed by atoms with van der Waals surface area (Å²) >= 11 is 6.51. The lowest BCUT2D eigenvalue weighted by atomic mass is 10.3. The van der Waals surface area contributed by atoms with Gasteiger partial charge in [0.25, 0.3) is 10.0 Å². The molecule has 0 saturated carbocycles. The zero-order chi connectivity index (χ0) is 16.9. The van der Waals surface area contributed by atoms with Crippen LogP contribution in [0, 0.1) is 0 Å². The fraction of sp³-hybridized carbons (Fsp3) is 0.250. The van der Waals surface area contributed by atoms with Crippen molar-refractivity contribution in [1.82, 2.24) is 14.9 Å². The molecule has 11 heteroatoms. The van der Waals surface area contributed by atoms with Gasteiger partial charge in [-0.25, -0.2) is 13.1 Å². The number of hydrogen-bond acceptors (Lipinski definition) is 7. The van der Waals surface area contributed by atoms with Crippen molar-refractivity contribution in [3.8, 4) is 5.75 Å². The van der Waals surface area contributed by atoms with Crippen molar-refractivity contribution in [3.05, 3.63) is 29.3 Å². The van der Waals surface area contributed by atoms with Crippen LogP contribution in [-0.4, -0.2) is 37.7 Å². The van der Waals surface area contributed by atoms with Gasteiger partial charge in [0.1, 0.15) is 12.4 Å². The maximum Gasteiger partial charge on any atom is 0.269 e. The fourth-order valence-electron chi connectivity index (χ4n) is 1.46. The van der Waals surface area contributed by atoms with Crippen molar-refractivity contribution in [1.29, 1.82) is 0 Å². The lowest BCUT2D eigenvalue weighted by Gasteiger charge is -2.06. The van der Waals surface area contributed by atoms with Gasteiger partial charge in [0.2, 0.25) is 15.4 Å². The summed E-state index contributed by atoms with van der Waals surface area (Å²) in [5, 5.41) is 10.2. The van der Waals surface area contributed by atoms with E-state index in [2.05, 4.69) is 20.2 Å². The standard InChI is InChI=1S/C12H13ClN4O4S2/c1-8(18)15-11-16-17-12(22-11)23(19,20)14-6-7-21-10-4-2-9(13)3-5-10/h2-5,14H,6-7H2,1H3,(H,15,16,18). The van der Waals surface area contributed by atoms with Crippen molar-refractivity contribution in [3.63, 3.8) is 0 Å². The van der Waals surface area contributed by atoms with Crippen molar-refractivity contribution in [2.45, 2.75) is 11.3 Å². The fourth-order valence-corrected chi connectivity index (χ4v) is 3.58. The second-order valence-corrected chi connectivity index (χ2v) is 7.61. The molecule has 1 aromatic carbocycles. The summed E-state index contributed by atoms with van der Waals surface area (Å²) in [6.07, 6.45) is 0. The minimum atomic E-state index is -3.79. The number of carbonyl (C=O) groups excluding carboxylic acids is 1. The van der Waals surface area contributed by atoms with Gasteiger partial charge in [-0.2, -0.15) is 0 Å². The third kappa shape index (κ3) is 5.43. The van der Waals surface area contributed by atoms with E-state index in [1.54, 1.807) is 24.3 Å². The van der Waals surface area contributed by atoms with Gasteiger partial charge in [-0.05, 0) is 24.3 Å². The number of halogens is 1. The molecule has 124 valence electrons. The average molecular weight is 377 g/mol. The summed E-state index contributed by atoms with van der Waals surface area (Å²) in [6.45, 7) is 1.49. The number of carbonyl (C=O) groups is 1. The number of nitrogens with one attached hydrogen (secondary N) is 2. The van der Waals surface area contributed by atoms with Crippen LogP contribution in [0.5, 0.6) is 5.75 Å². The number of anilines is 1. The first-order valence-corrected chi connectivity index (χ1v) is 9.04. The zero-order valence-electron chi connectivity index (χ0n) is 11.9. The highest BCUT2D eigenvalue weighted by molar-refractivity contribution is 7.91. The van der Waals surface area contributed by atoms with Crippen LogP contribution in [0.15, 0.2) is 28.6 Å². The molecule has 0 aliphatic heterocycles. The van der Waals surface area contributed by atoms with E-state index in [4.69, 9.17) is 16.3 Å². The predicted molar refractivity (Wildman–Crippen MR) is 86.3 cm³/mol. The lowest BCUT2D eigenvalue weighted by Crippen LogP contribution is -2.28. The van der Waals surface area contributed by atoms with Crippen LogP contribution in [0.2, 0.25) is 5.02 Å². The first-order valence-electron chi connectivity index (χ1n) is 6.36. The predicted octanol–water partition coefficient (Wildman–Crippen LogP) is 1.51. The number of rotatable bonds is 7. The van der Waals surface area contributed by atoms with Crippen LogP contribution in [0.1, 0.15) is 6.92 Å². The number of amides is 1. The average Bonchev–Trinajstić information content (AvgIpc) is 2.94. The first-order chi connectivity index (χ1) is 10.9. The Hall–Kier alpha value is -1.75. The summed E-state index contributed by atoms with van der Waals surface area (Å²) in [7, 11) is -3.79. The van der Waals surface area contributed by atoms with Gasteiger partial charge < -0.3 is 10.1 Å². The van der Waals surface area contributed by atoms with E-state index in [0.717, 1.165) is 11.3 Å². The minimum Gasteiger partial charge on any atom is -0.492 e. The van der Waals surface area contributed by atoms with Crippen LogP contribution in [0.3, 0.4) is 0 Å². The molecule has 8 nitrogen and oxygen atoms in total. The van der Waals surface area contributed by atoms with Crippen molar-refractivity contribution < 1.29 is 17.9 Å². The Morgan fingerprint density at radius 2 is 2.00 bits per heavy atom. The summed E-state index contributed by atoms with van der Waals surface area (Å²) in [6, 6.07) is 6.71. The smallest absolute Gasteiger partial charge is 0.269 e. The van der Waals surface area contributed by atoms with Gasteiger partial charge in [-0.15, -0.1) is 10.2 Å². The molecule has 0 aliphatic carbocycles. The molecule has 2 aromatic rings. The summed E-state index contributed by atoms with van der Waals surface area (Å²) in [5.74, 6) is 0.229. The third-order valence-electron chi connectivity index (χ3n) is 2.40. The minimum absolute atomic E-state index is 0.0556. The van der Waals surface area contributed by atoms with Crippen LogP contribution in [0.25, 0.3) is 0 Å². The highest BCUT2D eigenvalue weighted by atomic mass is 35.5. The lowest BCUT2D eigenvalue weighted by molar-refractivity contribution is -0.114. The van der Waals surface area contributed by atoms with E-state index in [1.165, 1.54) is 6.92 Å². The Morgan fingerprint density at radius 1 is 1.30 bits per heavy atom. The molecule has 2 N–H and O–H groups in total. The Balaban J connectivity index is 1.85. The molecule has 0 bridgehead atoms. The highest BCUT2D eigenvalue weighted by Crippen LogP contribution is 2.19. The number of ether oxygens (including phenoxy) is 1. The van der Waals surface area contributed by atoms with Gasteiger partial charge in [-0.3, -0.25) is 4.79 Å². The van der Waals surface area contributed by atoms with E-state index in [9.17, 15) is 13.2 Å². The maximum atomic E-state index is 12.0. The van der Waals surface area contributed by atoms with Crippen LogP contribution in [-0.2, 0) is 14.8 Å². The molecule has 0 aliphatic rings. The molecule has 0 atom stereocenters. The Morgan fingerprint density at radius 3 is 2.65 bits per heavy atom. The second kappa shape index (κ2) is 7.68. The van der Waals surface area contributed by atoms with Crippen LogP contribution < -0.4 is 14.8 Å². The Bertz CT molecular complexity index is 777. The number of sulfonamides is 1. The van der Waals surface area contributed by atoms with Gasteiger partial charge in [0.15, 0.2) is 0 Å². The third-order valence-corrected chi connectivity index (χ3v) is 5.31. The largest absolute Gasteiger partial charge is 0.492 e. The van der Waals surface area contributed by atoms with Crippen molar-refractivity contribution in [2.24, 2.45) is 0 Å². The number of hydrogen-bond donors (Lipinski definition) is 2. The molecule has 23 heavy (non-hydrogen) atoms. The topological polar surface area (TPSA) is 110 Å². The molecular weight excluding hydrogens is 364 g/mol. The quantitative estimate of drug-likeness (QED) is 0.559. The van der Waals surface area contributed by atoms with Gasteiger partial charge in [-0.1, -0.05) is 22.9 Å². The molecule has 0 spiro atoms. The highest BCUT2D eigenvalue weighted by Gasteiger charge is 2.20. The number of aromatic nitrogens is 2. The molecule has 0 fully saturated rings. The summed E-state index contributed by atoms with van der Waals surface area (Å²) < 4.78 is 31.5. The van der Waals surface area contributed by atoms with E-state index >= 15 is 0 Å². The normalized spacial score (nSPS) is 11.2. The summed E-state index contributed by atoms with van der Waals surface area (Å²) in [4.78, 5) is 10.9. The monoisotopic (exact) mass is 376 g/mol. The van der Waals surface area contributed by atoms with E-state index in [-0.39, 0.29) is 28.5 Å². The Labute approximate surface area is 141 Å². The molecule has 0 radical (unpaired) electrons. The van der Waals surface area contributed by atoms with Gasteiger partial charge in [0.05, 0.1) is 0 Å². The number of nitrogens with zero attached hydrogens (tertiary/aromatic N) is 2. The van der Waals surface area contributed by atoms with E-state index < -0.39 is 10.0 Å². The van der Waals surface area contributed by atoms with Crippen molar-refractivity contribution in [2.75, 3.05) is 18.5 Å². The summed E-state index contributed by atoms with van der Waals surface area (Å²) in [5.41, 5.74) is 0. The molecule has 1 heterocycles. The number of benzene rings is 1. The SMILES string of the molecule is CC(=O)Nc1nnc(S(=O)(=O)NCCOc2ccc(Cl)cc2)s1. The van der Waals surface area contributed by atoms with Crippen LogP contribution in [0.4, 0.5) is 5.13 Å². The van der Waals surface area contributed by atoms with Gasteiger partial charge in [0, 0.05) is 18.5 Å². The molecule has 1 aromatic heterocycles. The zero-order valence-corrected chi connectivity index (χ0v) is 14.3. The molecule has 0 saturated heterocycles. The molecular formula is C12H13ClN4O4S2. The molecule has 2 rings (SSSR count). The van der Waals surface area contributed by atoms with Gasteiger partial charge >= 0.3 is 0 Å². The molecule has 0 unspecified atom stereocenters.